The predicted molar refractivity (Wildman–Crippen MR) is 65.3 cm³/mol. The highest BCUT2D eigenvalue weighted by Crippen LogP contribution is 2.22. The predicted octanol–water partition coefficient (Wildman–Crippen LogP) is 1.72. The molecule has 2 rings (SSSR count). The van der Waals surface area contributed by atoms with Gasteiger partial charge in [-0.15, -0.1) is 0 Å². The zero-order valence-electron chi connectivity index (χ0n) is 8.97. The van der Waals surface area contributed by atoms with Gasteiger partial charge in [0.15, 0.2) is 0 Å². The molecule has 3 nitrogen and oxygen atoms in total. The molecule has 0 aromatic carbocycles. The average molecular weight is 231 g/mol. The molecule has 0 aliphatic rings. The molecular weight excluding hydrogens is 220 g/mol. The van der Waals surface area contributed by atoms with Crippen LogP contribution in [0.5, 0.6) is 0 Å². The van der Waals surface area contributed by atoms with Crippen molar-refractivity contribution in [2.75, 3.05) is 0 Å². The van der Waals surface area contributed by atoms with Gasteiger partial charge in [-0.2, -0.15) is 5.10 Å². The standard InChI is InChI=1S/C11H11BClN3/c1-2-11(16-7-9(12)5-15-16)8-3-10(13)6-14-4-8/h3-7,11H,2H2,1H3. The van der Waals surface area contributed by atoms with E-state index in [2.05, 4.69) is 17.0 Å². The highest BCUT2D eigenvalue weighted by atomic mass is 35.5. The maximum atomic E-state index is 5.92. The van der Waals surface area contributed by atoms with E-state index in [1.54, 1.807) is 18.6 Å². The Morgan fingerprint density at radius 3 is 2.81 bits per heavy atom. The molecule has 0 fully saturated rings. The van der Waals surface area contributed by atoms with Crippen LogP contribution in [0.25, 0.3) is 0 Å². The molecule has 2 aromatic rings. The lowest BCUT2D eigenvalue weighted by atomic mass is 10.0. The Balaban J connectivity index is 2.36. The van der Waals surface area contributed by atoms with E-state index in [1.807, 2.05) is 16.9 Å². The van der Waals surface area contributed by atoms with Crippen LogP contribution in [0.2, 0.25) is 5.02 Å². The molecule has 0 aliphatic carbocycles. The molecule has 0 bridgehead atoms. The van der Waals surface area contributed by atoms with Gasteiger partial charge >= 0.3 is 0 Å². The van der Waals surface area contributed by atoms with Crippen LogP contribution in [0.15, 0.2) is 30.9 Å². The minimum absolute atomic E-state index is 0.128. The molecular formula is C11H11BClN3. The van der Waals surface area contributed by atoms with E-state index in [4.69, 9.17) is 19.4 Å². The van der Waals surface area contributed by atoms with Gasteiger partial charge in [-0.25, -0.2) is 0 Å². The fraction of sp³-hybridized carbons (Fsp3) is 0.273. The summed E-state index contributed by atoms with van der Waals surface area (Å²) in [6.07, 6.45) is 7.78. The summed E-state index contributed by atoms with van der Waals surface area (Å²) >= 11 is 5.92. The van der Waals surface area contributed by atoms with Crippen LogP contribution < -0.4 is 5.46 Å². The monoisotopic (exact) mass is 231 g/mol. The number of rotatable bonds is 3. The van der Waals surface area contributed by atoms with Gasteiger partial charge in [-0.3, -0.25) is 9.67 Å². The lowest BCUT2D eigenvalue weighted by Crippen LogP contribution is -2.11. The molecule has 2 aromatic heterocycles. The zero-order valence-corrected chi connectivity index (χ0v) is 9.72. The van der Waals surface area contributed by atoms with Crippen molar-refractivity contribution in [3.8, 4) is 0 Å². The number of aromatic nitrogens is 3. The molecule has 2 radical (unpaired) electrons. The summed E-state index contributed by atoms with van der Waals surface area (Å²) in [4.78, 5) is 4.08. The Bertz CT molecular complexity index is 484. The maximum absolute atomic E-state index is 5.92. The summed E-state index contributed by atoms with van der Waals surface area (Å²) in [5.41, 5.74) is 1.70. The van der Waals surface area contributed by atoms with Crippen LogP contribution >= 0.6 is 11.6 Å². The van der Waals surface area contributed by atoms with Gasteiger partial charge < -0.3 is 0 Å². The second kappa shape index (κ2) is 4.70. The minimum atomic E-state index is 0.128. The highest BCUT2D eigenvalue weighted by molar-refractivity contribution is 6.32. The van der Waals surface area contributed by atoms with Crippen molar-refractivity contribution in [1.82, 2.24) is 14.8 Å². The van der Waals surface area contributed by atoms with Crippen LogP contribution in [0.4, 0.5) is 0 Å². The SMILES string of the molecule is [B]c1cnn(C(CC)c2cncc(Cl)c2)c1. The lowest BCUT2D eigenvalue weighted by molar-refractivity contribution is 0.508. The van der Waals surface area contributed by atoms with Crippen molar-refractivity contribution < 1.29 is 0 Å². The van der Waals surface area contributed by atoms with Crippen LogP contribution in [-0.2, 0) is 0 Å². The normalized spacial score (nSPS) is 12.6. The third-order valence-corrected chi connectivity index (χ3v) is 2.65. The molecule has 1 atom stereocenters. The summed E-state index contributed by atoms with van der Waals surface area (Å²) < 4.78 is 1.84. The van der Waals surface area contributed by atoms with E-state index in [-0.39, 0.29) is 6.04 Å². The number of nitrogens with zero attached hydrogens (tertiary/aromatic N) is 3. The van der Waals surface area contributed by atoms with Crippen LogP contribution in [-0.4, -0.2) is 22.6 Å². The molecule has 0 aliphatic heterocycles. The number of halogens is 1. The molecule has 0 N–H and O–H groups in total. The van der Waals surface area contributed by atoms with Crippen LogP contribution in [0.3, 0.4) is 0 Å². The first-order valence-corrected chi connectivity index (χ1v) is 5.48. The van der Waals surface area contributed by atoms with E-state index in [1.165, 1.54) is 0 Å². The van der Waals surface area contributed by atoms with Gasteiger partial charge in [-0.05, 0) is 18.1 Å². The molecule has 0 spiro atoms. The fourth-order valence-electron chi connectivity index (χ4n) is 1.71. The summed E-state index contributed by atoms with van der Waals surface area (Å²) in [7, 11) is 5.65. The molecule has 5 heteroatoms. The zero-order chi connectivity index (χ0) is 11.5. The maximum Gasteiger partial charge on any atom is 0.118 e. The second-order valence-electron chi connectivity index (χ2n) is 3.61. The first kappa shape index (κ1) is 11.2. The van der Waals surface area contributed by atoms with Gasteiger partial charge in [0, 0.05) is 24.8 Å². The Kier molecular flexibility index (Phi) is 3.29. The van der Waals surface area contributed by atoms with Crippen LogP contribution in [0, 0.1) is 0 Å². The van der Waals surface area contributed by atoms with E-state index < -0.39 is 0 Å². The van der Waals surface area contributed by atoms with Crippen molar-refractivity contribution in [1.29, 1.82) is 0 Å². The molecule has 0 saturated heterocycles. The van der Waals surface area contributed by atoms with Crippen LogP contribution in [0.1, 0.15) is 24.9 Å². The van der Waals surface area contributed by atoms with Gasteiger partial charge in [0.1, 0.15) is 7.85 Å². The average Bonchev–Trinajstić information content (AvgIpc) is 2.66. The quantitative estimate of drug-likeness (QED) is 0.753. The first-order valence-electron chi connectivity index (χ1n) is 5.10. The number of hydrogen-bond acceptors (Lipinski definition) is 2. The highest BCUT2D eigenvalue weighted by Gasteiger charge is 2.12. The Hall–Kier alpha value is -1.29. The summed E-state index contributed by atoms with van der Waals surface area (Å²) in [5, 5.41) is 4.85. The lowest BCUT2D eigenvalue weighted by Gasteiger charge is -2.15. The van der Waals surface area contributed by atoms with Gasteiger partial charge in [0.05, 0.1) is 11.1 Å². The minimum Gasteiger partial charge on any atom is -0.266 e. The van der Waals surface area contributed by atoms with Gasteiger partial charge in [-0.1, -0.05) is 24.0 Å². The summed E-state index contributed by atoms with van der Waals surface area (Å²) in [6.45, 7) is 2.09. The Morgan fingerprint density at radius 1 is 1.44 bits per heavy atom. The number of hydrogen-bond donors (Lipinski definition) is 0. The van der Waals surface area contributed by atoms with Crippen molar-refractivity contribution in [3.05, 3.63) is 41.4 Å². The van der Waals surface area contributed by atoms with E-state index in [0.29, 0.717) is 10.5 Å². The molecule has 2 heterocycles. The molecule has 1 unspecified atom stereocenters. The Labute approximate surface area is 101 Å². The molecule has 80 valence electrons. The molecule has 0 saturated carbocycles. The second-order valence-corrected chi connectivity index (χ2v) is 4.05. The molecule has 0 amide bonds. The summed E-state index contributed by atoms with van der Waals surface area (Å²) in [5.74, 6) is 0. The largest absolute Gasteiger partial charge is 0.266 e. The van der Waals surface area contributed by atoms with E-state index >= 15 is 0 Å². The van der Waals surface area contributed by atoms with Gasteiger partial charge in [0.2, 0.25) is 0 Å². The third kappa shape index (κ3) is 2.27. The van der Waals surface area contributed by atoms with Crippen molar-refractivity contribution in [2.24, 2.45) is 0 Å². The summed E-state index contributed by atoms with van der Waals surface area (Å²) in [6, 6.07) is 2.03. The number of pyridine rings is 1. The van der Waals surface area contributed by atoms with Crippen molar-refractivity contribution in [3.63, 3.8) is 0 Å². The Morgan fingerprint density at radius 2 is 2.25 bits per heavy atom. The van der Waals surface area contributed by atoms with E-state index in [9.17, 15) is 0 Å². The smallest absolute Gasteiger partial charge is 0.118 e. The first-order chi connectivity index (χ1) is 7.70. The third-order valence-electron chi connectivity index (χ3n) is 2.44. The van der Waals surface area contributed by atoms with Crippen molar-refractivity contribution in [2.45, 2.75) is 19.4 Å². The molecule has 16 heavy (non-hydrogen) atoms. The van der Waals surface area contributed by atoms with Gasteiger partial charge in [0.25, 0.3) is 0 Å². The van der Waals surface area contributed by atoms with Crippen molar-refractivity contribution >= 4 is 24.9 Å². The fourth-order valence-corrected chi connectivity index (χ4v) is 1.89. The van der Waals surface area contributed by atoms with E-state index in [0.717, 1.165) is 12.0 Å². The topological polar surface area (TPSA) is 30.7 Å².